The van der Waals surface area contributed by atoms with Gasteiger partial charge < -0.3 is 19.3 Å². The smallest absolute Gasteiger partial charge is 0.243 e. The second kappa shape index (κ2) is 9.33. The summed E-state index contributed by atoms with van der Waals surface area (Å²) in [5.41, 5.74) is 0.903. The van der Waals surface area contributed by atoms with Crippen LogP contribution in [-0.4, -0.2) is 82.0 Å². The van der Waals surface area contributed by atoms with Gasteiger partial charge in [-0.2, -0.15) is 9.40 Å². The standard InChI is InChI=1S/C20H26FN5O4S/c1-2-30-19-4-3-17(14-18(19)21)31(27,28)26-7-5-24(6-8-26)16-13-20(23-22-15-16)25-9-11-29-12-10-25/h3-4,13-15H,2,5-12H2,1H3. The van der Waals surface area contributed by atoms with Crippen LogP contribution in [-0.2, 0) is 14.8 Å². The molecule has 0 aliphatic carbocycles. The largest absolute Gasteiger partial charge is 0.491 e. The Morgan fingerprint density at radius 3 is 2.48 bits per heavy atom. The maximum absolute atomic E-state index is 14.2. The van der Waals surface area contributed by atoms with Gasteiger partial charge in [0.15, 0.2) is 17.4 Å². The zero-order chi connectivity index (χ0) is 21.8. The Morgan fingerprint density at radius 1 is 1.06 bits per heavy atom. The van der Waals surface area contributed by atoms with Gasteiger partial charge in [-0.05, 0) is 25.1 Å². The summed E-state index contributed by atoms with van der Waals surface area (Å²) < 4.78 is 52.0. The predicted molar refractivity (Wildman–Crippen MR) is 114 cm³/mol. The lowest BCUT2D eigenvalue weighted by atomic mass is 10.3. The second-order valence-electron chi connectivity index (χ2n) is 7.29. The number of benzene rings is 1. The molecule has 2 saturated heterocycles. The van der Waals surface area contributed by atoms with E-state index in [1.54, 1.807) is 13.1 Å². The Labute approximate surface area is 181 Å². The molecule has 1 aromatic heterocycles. The number of sulfonamides is 1. The number of hydrogen-bond acceptors (Lipinski definition) is 8. The predicted octanol–water partition coefficient (Wildman–Crippen LogP) is 1.36. The van der Waals surface area contributed by atoms with Gasteiger partial charge in [0, 0.05) is 45.3 Å². The van der Waals surface area contributed by atoms with E-state index in [9.17, 15) is 12.8 Å². The highest BCUT2D eigenvalue weighted by Crippen LogP contribution is 2.26. The highest BCUT2D eigenvalue weighted by atomic mass is 32.2. The van der Waals surface area contributed by atoms with E-state index in [0.717, 1.165) is 30.7 Å². The Hall–Kier alpha value is -2.50. The fourth-order valence-corrected chi connectivity index (χ4v) is 5.15. The quantitative estimate of drug-likeness (QED) is 0.651. The summed E-state index contributed by atoms with van der Waals surface area (Å²) in [6.07, 6.45) is 1.69. The molecule has 1 aromatic carbocycles. The van der Waals surface area contributed by atoms with E-state index in [0.29, 0.717) is 46.0 Å². The van der Waals surface area contributed by atoms with Crippen LogP contribution in [0.15, 0.2) is 35.4 Å². The van der Waals surface area contributed by atoms with Crippen LogP contribution in [0, 0.1) is 5.82 Å². The van der Waals surface area contributed by atoms with E-state index in [1.165, 1.54) is 16.4 Å². The number of hydrogen-bond donors (Lipinski definition) is 0. The third-order valence-corrected chi connectivity index (χ3v) is 7.30. The Balaban J connectivity index is 1.43. The molecule has 0 bridgehead atoms. The number of nitrogens with zero attached hydrogens (tertiary/aromatic N) is 5. The van der Waals surface area contributed by atoms with Gasteiger partial charge in [-0.1, -0.05) is 0 Å². The number of piperazine rings is 1. The summed E-state index contributed by atoms with van der Waals surface area (Å²) in [5, 5.41) is 8.35. The Kier molecular flexibility index (Phi) is 6.54. The van der Waals surface area contributed by atoms with Gasteiger partial charge in [0.05, 0.1) is 36.6 Å². The molecule has 0 unspecified atom stereocenters. The van der Waals surface area contributed by atoms with Crippen molar-refractivity contribution in [2.45, 2.75) is 11.8 Å². The zero-order valence-electron chi connectivity index (χ0n) is 17.4. The van der Waals surface area contributed by atoms with E-state index < -0.39 is 15.8 Å². The molecule has 2 aliphatic heterocycles. The fourth-order valence-electron chi connectivity index (χ4n) is 3.72. The molecule has 0 N–H and O–H groups in total. The minimum absolute atomic E-state index is 0.0486. The first kappa shape index (κ1) is 21.7. The molecule has 0 spiro atoms. The molecule has 0 amide bonds. The van der Waals surface area contributed by atoms with Crippen molar-refractivity contribution in [2.24, 2.45) is 0 Å². The third kappa shape index (κ3) is 4.73. The summed E-state index contributed by atoms with van der Waals surface area (Å²) in [5.74, 6) is 0.160. The topological polar surface area (TPSA) is 88.1 Å². The van der Waals surface area contributed by atoms with Crippen LogP contribution in [0.1, 0.15) is 6.92 Å². The van der Waals surface area contributed by atoms with Crippen LogP contribution in [0.25, 0.3) is 0 Å². The first-order valence-electron chi connectivity index (χ1n) is 10.3. The van der Waals surface area contributed by atoms with E-state index >= 15 is 0 Å². The Bertz CT molecular complexity index is 1010. The summed E-state index contributed by atoms with van der Waals surface area (Å²) in [7, 11) is -3.79. The van der Waals surface area contributed by atoms with Gasteiger partial charge in [-0.25, -0.2) is 12.8 Å². The van der Waals surface area contributed by atoms with E-state index in [4.69, 9.17) is 9.47 Å². The van der Waals surface area contributed by atoms with Gasteiger partial charge >= 0.3 is 0 Å². The number of rotatable bonds is 6. The van der Waals surface area contributed by atoms with Crippen molar-refractivity contribution in [3.63, 3.8) is 0 Å². The van der Waals surface area contributed by atoms with Crippen LogP contribution in [0.2, 0.25) is 0 Å². The van der Waals surface area contributed by atoms with Gasteiger partial charge in [-0.3, -0.25) is 0 Å². The molecule has 2 aromatic rings. The van der Waals surface area contributed by atoms with Crippen LogP contribution < -0.4 is 14.5 Å². The van der Waals surface area contributed by atoms with Gasteiger partial charge in [0.25, 0.3) is 0 Å². The number of morpholine rings is 1. The molecule has 31 heavy (non-hydrogen) atoms. The molecule has 168 valence electrons. The minimum Gasteiger partial charge on any atom is -0.491 e. The molecule has 3 heterocycles. The zero-order valence-corrected chi connectivity index (χ0v) is 18.2. The number of ether oxygens (including phenoxy) is 2. The van der Waals surface area contributed by atoms with Crippen LogP contribution in [0.5, 0.6) is 5.75 Å². The monoisotopic (exact) mass is 451 g/mol. The lowest BCUT2D eigenvalue weighted by Gasteiger charge is -2.35. The van der Waals surface area contributed by atoms with Gasteiger partial charge in [0.1, 0.15) is 0 Å². The van der Waals surface area contributed by atoms with Crippen molar-refractivity contribution in [1.29, 1.82) is 0 Å². The molecular formula is C20H26FN5O4S. The first-order chi connectivity index (χ1) is 15.0. The first-order valence-corrected chi connectivity index (χ1v) is 11.8. The van der Waals surface area contributed by atoms with Crippen molar-refractivity contribution in [1.82, 2.24) is 14.5 Å². The molecule has 0 radical (unpaired) electrons. The van der Waals surface area contributed by atoms with Gasteiger partial charge in [-0.15, -0.1) is 5.10 Å². The van der Waals surface area contributed by atoms with Crippen LogP contribution >= 0.6 is 0 Å². The molecule has 2 aliphatic rings. The molecule has 4 rings (SSSR count). The summed E-state index contributed by atoms with van der Waals surface area (Å²) in [4.78, 5) is 4.15. The van der Waals surface area contributed by atoms with Crippen molar-refractivity contribution < 1.29 is 22.3 Å². The van der Waals surface area contributed by atoms with E-state index in [1.807, 2.05) is 6.07 Å². The van der Waals surface area contributed by atoms with Crippen molar-refractivity contribution in [3.05, 3.63) is 36.3 Å². The lowest BCUT2D eigenvalue weighted by Crippen LogP contribution is -2.48. The maximum atomic E-state index is 14.2. The second-order valence-corrected chi connectivity index (χ2v) is 9.23. The average molecular weight is 452 g/mol. The minimum atomic E-state index is -3.79. The number of aromatic nitrogens is 2. The van der Waals surface area contributed by atoms with E-state index in [2.05, 4.69) is 20.0 Å². The Morgan fingerprint density at radius 2 is 1.81 bits per heavy atom. The summed E-state index contributed by atoms with van der Waals surface area (Å²) in [6, 6.07) is 5.74. The molecule has 0 saturated carbocycles. The van der Waals surface area contributed by atoms with Gasteiger partial charge in [0.2, 0.25) is 10.0 Å². The molecule has 2 fully saturated rings. The highest BCUT2D eigenvalue weighted by Gasteiger charge is 2.29. The number of halogens is 1. The molecule has 9 nitrogen and oxygen atoms in total. The van der Waals surface area contributed by atoms with Crippen molar-refractivity contribution in [3.8, 4) is 5.75 Å². The van der Waals surface area contributed by atoms with Crippen LogP contribution in [0.4, 0.5) is 15.9 Å². The lowest BCUT2D eigenvalue weighted by molar-refractivity contribution is 0.122. The highest BCUT2D eigenvalue weighted by molar-refractivity contribution is 7.89. The fraction of sp³-hybridized carbons (Fsp3) is 0.500. The SMILES string of the molecule is CCOc1ccc(S(=O)(=O)N2CCN(c3cnnc(N4CCOCC4)c3)CC2)cc1F. The third-order valence-electron chi connectivity index (χ3n) is 5.41. The van der Waals surface area contributed by atoms with Crippen molar-refractivity contribution >= 4 is 21.5 Å². The number of anilines is 2. The van der Waals surface area contributed by atoms with Crippen molar-refractivity contribution in [2.75, 3.05) is 68.9 Å². The van der Waals surface area contributed by atoms with E-state index in [-0.39, 0.29) is 10.6 Å². The molecule has 0 atom stereocenters. The normalized spacial score (nSPS) is 18.3. The average Bonchev–Trinajstić information content (AvgIpc) is 2.81. The summed E-state index contributed by atoms with van der Waals surface area (Å²) >= 11 is 0. The van der Waals surface area contributed by atoms with Crippen LogP contribution in [0.3, 0.4) is 0 Å². The molecular weight excluding hydrogens is 425 g/mol. The maximum Gasteiger partial charge on any atom is 0.243 e. The summed E-state index contributed by atoms with van der Waals surface area (Å²) in [6.45, 7) is 6.52. The molecule has 11 heteroatoms.